The van der Waals surface area contributed by atoms with Gasteiger partial charge in [-0.2, -0.15) is 10.2 Å². The molecule has 2 rings (SSSR count). The van der Waals surface area contributed by atoms with Gasteiger partial charge in [-0.05, 0) is 43.5 Å². The van der Waals surface area contributed by atoms with Crippen LogP contribution >= 0.6 is 11.6 Å². The van der Waals surface area contributed by atoms with Crippen molar-refractivity contribution < 1.29 is 4.39 Å². The van der Waals surface area contributed by atoms with Gasteiger partial charge >= 0.3 is 0 Å². The van der Waals surface area contributed by atoms with E-state index in [1.807, 2.05) is 19.9 Å². The van der Waals surface area contributed by atoms with Gasteiger partial charge < -0.3 is 5.73 Å². The van der Waals surface area contributed by atoms with Gasteiger partial charge in [0, 0.05) is 6.04 Å². The lowest BCUT2D eigenvalue weighted by atomic mass is 9.98. The fourth-order valence-corrected chi connectivity index (χ4v) is 2.20. The van der Waals surface area contributed by atoms with Crippen molar-refractivity contribution in [3.05, 3.63) is 57.6 Å². The second-order valence-corrected chi connectivity index (χ2v) is 4.93. The van der Waals surface area contributed by atoms with Crippen molar-refractivity contribution in [3.63, 3.8) is 0 Å². The molecule has 1 aromatic heterocycles. The molecule has 19 heavy (non-hydrogen) atoms. The predicted octanol–water partition coefficient (Wildman–Crippen LogP) is 3.13. The molecule has 100 valence electrons. The van der Waals surface area contributed by atoms with Gasteiger partial charge in [0.2, 0.25) is 0 Å². The monoisotopic (exact) mass is 279 g/mol. The van der Waals surface area contributed by atoms with E-state index in [0.717, 1.165) is 17.0 Å². The van der Waals surface area contributed by atoms with Crippen LogP contribution in [0.2, 0.25) is 5.02 Å². The maximum absolute atomic E-state index is 13.4. The van der Waals surface area contributed by atoms with Crippen LogP contribution in [0, 0.1) is 19.7 Å². The summed E-state index contributed by atoms with van der Waals surface area (Å²) in [6, 6.07) is 6.36. The Balaban J connectivity index is 2.28. The van der Waals surface area contributed by atoms with E-state index in [4.69, 9.17) is 17.3 Å². The normalized spacial score (nSPS) is 12.5. The molecule has 1 heterocycles. The second kappa shape index (κ2) is 5.63. The summed E-state index contributed by atoms with van der Waals surface area (Å²) in [5.74, 6) is -0.424. The summed E-state index contributed by atoms with van der Waals surface area (Å²) in [5, 5.41) is 8.15. The van der Waals surface area contributed by atoms with Gasteiger partial charge in [-0.3, -0.25) is 0 Å². The van der Waals surface area contributed by atoms with E-state index in [2.05, 4.69) is 10.2 Å². The number of benzene rings is 1. The van der Waals surface area contributed by atoms with Crippen LogP contribution < -0.4 is 5.73 Å². The van der Waals surface area contributed by atoms with Gasteiger partial charge in [0.25, 0.3) is 0 Å². The Hall–Kier alpha value is -1.52. The largest absolute Gasteiger partial charge is 0.324 e. The van der Waals surface area contributed by atoms with Crippen molar-refractivity contribution in [1.82, 2.24) is 10.2 Å². The summed E-state index contributed by atoms with van der Waals surface area (Å²) in [4.78, 5) is 0. The van der Waals surface area contributed by atoms with Crippen molar-refractivity contribution in [2.24, 2.45) is 5.73 Å². The minimum Gasteiger partial charge on any atom is -0.324 e. The molecule has 0 spiro atoms. The molecule has 0 bridgehead atoms. The highest BCUT2D eigenvalue weighted by molar-refractivity contribution is 6.31. The molecule has 0 radical (unpaired) electrons. The van der Waals surface area contributed by atoms with Gasteiger partial charge in [-0.15, -0.1) is 0 Å². The van der Waals surface area contributed by atoms with Crippen LogP contribution in [0.25, 0.3) is 0 Å². The SMILES string of the molecule is Cc1cc(C(N)Cc2cccc(F)c2Cl)c(C)nn1. The maximum Gasteiger partial charge on any atom is 0.142 e. The van der Waals surface area contributed by atoms with Crippen LogP contribution in [-0.2, 0) is 6.42 Å². The predicted molar refractivity (Wildman–Crippen MR) is 73.5 cm³/mol. The van der Waals surface area contributed by atoms with Crippen LogP contribution in [-0.4, -0.2) is 10.2 Å². The molecule has 0 saturated heterocycles. The summed E-state index contributed by atoms with van der Waals surface area (Å²) < 4.78 is 13.4. The van der Waals surface area contributed by atoms with Crippen LogP contribution in [0.15, 0.2) is 24.3 Å². The summed E-state index contributed by atoms with van der Waals surface area (Å²) >= 11 is 5.94. The molecule has 3 nitrogen and oxygen atoms in total. The number of hydrogen-bond acceptors (Lipinski definition) is 3. The zero-order valence-electron chi connectivity index (χ0n) is 10.8. The van der Waals surface area contributed by atoms with Crippen molar-refractivity contribution in [2.75, 3.05) is 0 Å². The number of nitrogens with zero attached hydrogens (tertiary/aromatic N) is 2. The molecule has 0 fully saturated rings. The smallest absolute Gasteiger partial charge is 0.142 e. The van der Waals surface area contributed by atoms with Crippen molar-refractivity contribution in [2.45, 2.75) is 26.3 Å². The zero-order valence-corrected chi connectivity index (χ0v) is 11.6. The van der Waals surface area contributed by atoms with Gasteiger partial charge in [0.1, 0.15) is 5.82 Å². The second-order valence-electron chi connectivity index (χ2n) is 4.55. The number of aryl methyl sites for hydroxylation is 2. The Kier molecular flexibility index (Phi) is 4.12. The van der Waals surface area contributed by atoms with E-state index in [0.29, 0.717) is 12.0 Å². The fourth-order valence-electron chi connectivity index (χ4n) is 2.00. The highest BCUT2D eigenvalue weighted by atomic mass is 35.5. The van der Waals surface area contributed by atoms with E-state index < -0.39 is 5.82 Å². The minimum atomic E-state index is -0.424. The first-order chi connectivity index (χ1) is 8.99. The van der Waals surface area contributed by atoms with Crippen LogP contribution in [0.3, 0.4) is 0 Å². The van der Waals surface area contributed by atoms with E-state index in [1.54, 1.807) is 12.1 Å². The molecule has 5 heteroatoms. The van der Waals surface area contributed by atoms with E-state index >= 15 is 0 Å². The molecular weight excluding hydrogens is 265 g/mol. The standard InChI is InChI=1S/C14H15ClFN3/c1-8-6-11(9(2)19-18-8)13(17)7-10-4-3-5-12(16)14(10)15/h3-6,13H,7,17H2,1-2H3. The third-order valence-electron chi connectivity index (χ3n) is 3.01. The van der Waals surface area contributed by atoms with E-state index in [9.17, 15) is 4.39 Å². The highest BCUT2D eigenvalue weighted by Gasteiger charge is 2.14. The first-order valence-electron chi connectivity index (χ1n) is 5.98. The number of aromatic nitrogens is 2. The Morgan fingerprint density at radius 2 is 2.05 bits per heavy atom. The lowest BCUT2D eigenvalue weighted by Gasteiger charge is -2.15. The Labute approximate surface area is 116 Å². The van der Waals surface area contributed by atoms with E-state index in [1.165, 1.54) is 6.07 Å². The summed E-state index contributed by atoms with van der Waals surface area (Å²) in [5.41, 5.74) is 9.36. The Bertz CT molecular complexity index is 601. The van der Waals surface area contributed by atoms with Crippen LogP contribution in [0.5, 0.6) is 0 Å². The molecule has 1 aromatic carbocycles. The van der Waals surface area contributed by atoms with Crippen molar-refractivity contribution in [1.29, 1.82) is 0 Å². The molecule has 0 aliphatic heterocycles. The number of halogens is 2. The molecule has 2 aromatic rings. The molecule has 1 unspecified atom stereocenters. The van der Waals surface area contributed by atoms with Crippen molar-refractivity contribution >= 4 is 11.6 Å². The van der Waals surface area contributed by atoms with Gasteiger partial charge in [-0.25, -0.2) is 4.39 Å². The van der Waals surface area contributed by atoms with E-state index in [-0.39, 0.29) is 11.1 Å². The van der Waals surface area contributed by atoms with Crippen LogP contribution in [0.1, 0.15) is 28.6 Å². The number of rotatable bonds is 3. The van der Waals surface area contributed by atoms with Crippen LogP contribution in [0.4, 0.5) is 4.39 Å². The summed E-state index contributed by atoms with van der Waals surface area (Å²) in [7, 11) is 0. The molecule has 2 N–H and O–H groups in total. The third-order valence-corrected chi connectivity index (χ3v) is 3.43. The molecule has 0 amide bonds. The van der Waals surface area contributed by atoms with Gasteiger partial charge in [0.05, 0.1) is 16.4 Å². The van der Waals surface area contributed by atoms with Gasteiger partial charge in [-0.1, -0.05) is 23.7 Å². The highest BCUT2D eigenvalue weighted by Crippen LogP contribution is 2.25. The number of nitrogens with two attached hydrogens (primary N) is 1. The lowest BCUT2D eigenvalue weighted by molar-refractivity contribution is 0.622. The summed E-state index contributed by atoms with van der Waals surface area (Å²) in [6.45, 7) is 3.71. The first kappa shape index (κ1) is 13.9. The molecule has 1 atom stereocenters. The molecule has 0 saturated carbocycles. The summed E-state index contributed by atoms with van der Waals surface area (Å²) in [6.07, 6.45) is 0.461. The maximum atomic E-state index is 13.4. The fraction of sp³-hybridized carbons (Fsp3) is 0.286. The van der Waals surface area contributed by atoms with Crippen molar-refractivity contribution in [3.8, 4) is 0 Å². The Morgan fingerprint density at radius 3 is 2.79 bits per heavy atom. The quantitative estimate of drug-likeness (QED) is 0.939. The van der Waals surface area contributed by atoms with Gasteiger partial charge in [0.15, 0.2) is 0 Å². The number of hydrogen-bond donors (Lipinski definition) is 1. The first-order valence-corrected chi connectivity index (χ1v) is 6.36. The Morgan fingerprint density at radius 1 is 1.32 bits per heavy atom. The third kappa shape index (κ3) is 3.08. The zero-order chi connectivity index (χ0) is 14.0. The molecule has 0 aliphatic rings. The average Bonchev–Trinajstić information content (AvgIpc) is 2.38. The average molecular weight is 280 g/mol. The topological polar surface area (TPSA) is 51.8 Å². The lowest BCUT2D eigenvalue weighted by Crippen LogP contribution is -2.16. The minimum absolute atomic E-state index is 0.134. The molecular formula is C14H15ClFN3. The molecule has 0 aliphatic carbocycles.